The highest BCUT2D eigenvalue weighted by Gasteiger charge is 2.24. The quantitative estimate of drug-likeness (QED) is 0.667. The first kappa shape index (κ1) is 20.8. The lowest BCUT2D eigenvalue weighted by atomic mass is 10.0. The zero-order chi connectivity index (χ0) is 21.5. The molecule has 3 aromatic rings. The summed E-state index contributed by atoms with van der Waals surface area (Å²) < 4.78 is 5.39. The van der Waals surface area contributed by atoms with Gasteiger partial charge in [0.15, 0.2) is 0 Å². The summed E-state index contributed by atoms with van der Waals surface area (Å²) in [5.74, 6) is 0.940. The minimum absolute atomic E-state index is 0.170. The molecule has 1 fully saturated rings. The molecule has 0 radical (unpaired) electrons. The molecule has 1 saturated heterocycles. The molecule has 4 rings (SSSR count). The number of carbonyl (C=O) groups excluding carboxylic acids is 1. The molecule has 1 aliphatic heterocycles. The highest BCUT2D eigenvalue weighted by molar-refractivity contribution is 5.75. The van der Waals surface area contributed by atoms with Crippen molar-refractivity contribution in [3.05, 3.63) is 89.9 Å². The van der Waals surface area contributed by atoms with Gasteiger partial charge in [0.05, 0.1) is 18.9 Å². The third kappa shape index (κ3) is 5.19. The van der Waals surface area contributed by atoms with Gasteiger partial charge in [-0.2, -0.15) is 0 Å². The molecular weight excluding hydrogens is 390 g/mol. The minimum atomic E-state index is -0.274. The zero-order valence-corrected chi connectivity index (χ0v) is 17.6. The van der Waals surface area contributed by atoms with Gasteiger partial charge in [0.25, 0.3) is 0 Å². The van der Waals surface area contributed by atoms with Crippen molar-refractivity contribution >= 4 is 11.8 Å². The second kappa shape index (κ2) is 10.0. The van der Waals surface area contributed by atoms with E-state index in [0.717, 1.165) is 48.9 Å². The van der Waals surface area contributed by atoms with E-state index in [1.807, 2.05) is 66.9 Å². The van der Waals surface area contributed by atoms with E-state index in [-0.39, 0.29) is 12.1 Å². The summed E-state index contributed by atoms with van der Waals surface area (Å²) in [6.45, 7) is 3.56. The number of hydrogen-bond donors (Lipinski definition) is 1. The molecule has 0 spiro atoms. The van der Waals surface area contributed by atoms with Crippen LogP contribution in [0.2, 0.25) is 0 Å². The van der Waals surface area contributed by atoms with E-state index >= 15 is 0 Å². The van der Waals surface area contributed by atoms with Crippen molar-refractivity contribution in [2.45, 2.75) is 12.6 Å². The molecule has 1 N–H and O–H groups in total. The van der Waals surface area contributed by atoms with Gasteiger partial charge in [-0.25, -0.2) is 9.78 Å². The monoisotopic (exact) mass is 417 g/mol. The number of hydrogen-bond acceptors (Lipinski definition) is 5. The first-order valence-corrected chi connectivity index (χ1v) is 10.5. The molecule has 0 bridgehead atoms. The Morgan fingerprint density at radius 2 is 1.84 bits per heavy atom. The van der Waals surface area contributed by atoms with E-state index in [4.69, 9.17) is 4.74 Å². The van der Waals surface area contributed by atoms with Crippen molar-refractivity contribution in [2.24, 2.45) is 0 Å². The third-order valence-corrected chi connectivity index (χ3v) is 5.38. The van der Waals surface area contributed by atoms with Crippen LogP contribution < -0.4 is 10.2 Å². The number of urea groups is 1. The number of aromatic nitrogens is 2. The van der Waals surface area contributed by atoms with Crippen molar-refractivity contribution in [3.8, 4) is 0 Å². The number of anilines is 1. The number of morpholine rings is 1. The minimum Gasteiger partial charge on any atom is -0.378 e. The van der Waals surface area contributed by atoms with Crippen LogP contribution in [-0.4, -0.2) is 54.2 Å². The molecule has 2 aromatic heterocycles. The SMILES string of the molecule is CN(C(=O)NCc1ccc(N2CCOCC2)nc1)[C@H](c1ccccc1)c1ccccn1. The van der Waals surface area contributed by atoms with E-state index in [2.05, 4.69) is 20.2 Å². The van der Waals surface area contributed by atoms with Crippen LogP contribution in [0.3, 0.4) is 0 Å². The van der Waals surface area contributed by atoms with Crippen molar-refractivity contribution < 1.29 is 9.53 Å². The fraction of sp³-hybridized carbons (Fsp3) is 0.292. The summed E-state index contributed by atoms with van der Waals surface area (Å²) in [6.07, 6.45) is 3.57. The first-order valence-electron chi connectivity index (χ1n) is 10.5. The number of rotatable bonds is 6. The molecule has 1 aliphatic rings. The standard InChI is InChI=1S/C24H27N5O2/c1-28(23(20-7-3-2-4-8-20)21-9-5-6-12-25-21)24(30)27-18-19-10-11-22(26-17-19)29-13-15-31-16-14-29/h2-12,17,23H,13-16,18H2,1H3,(H,27,30)/t23-/m1/s1. The molecule has 0 unspecified atom stereocenters. The number of amides is 2. The molecule has 0 aliphatic carbocycles. The highest BCUT2D eigenvalue weighted by atomic mass is 16.5. The smallest absolute Gasteiger partial charge is 0.318 e. The number of nitrogens with one attached hydrogen (secondary N) is 1. The van der Waals surface area contributed by atoms with Crippen LogP contribution in [0.1, 0.15) is 22.9 Å². The van der Waals surface area contributed by atoms with Gasteiger partial charge < -0.3 is 19.9 Å². The Balaban J connectivity index is 1.42. The van der Waals surface area contributed by atoms with Gasteiger partial charge >= 0.3 is 6.03 Å². The first-order chi connectivity index (χ1) is 15.2. The highest BCUT2D eigenvalue weighted by Crippen LogP contribution is 2.26. The van der Waals surface area contributed by atoms with Gasteiger partial charge in [0.1, 0.15) is 11.9 Å². The van der Waals surface area contributed by atoms with Gasteiger partial charge in [-0.3, -0.25) is 4.98 Å². The average molecular weight is 418 g/mol. The van der Waals surface area contributed by atoms with Gasteiger partial charge in [0.2, 0.25) is 0 Å². The summed E-state index contributed by atoms with van der Waals surface area (Å²) in [5.41, 5.74) is 2.78. The van der Waals surface area contributed by atoms with E-state index in [0.29, 0.717) is 6.54 Å². The maximum atomic E-state index is 13.0. The summed E-state index contributed by atoms with van der Waals surface area (Å²) in [6, 6.07) is 19.2. The Morgan fingerprint density at radius 3 is 2.52 bits per heavy atom. The fourth-order valence-electron chi connectivity index (χ4n) is 3.69. The number of pyridine rings is 2. The second-order valence-corrected chi connectivity index (χ2v) is 7.46. The Hall–Kier alpha value is -3.45. The normalized spacial score (nSPS) is 14.7. The summed E-state index contributed by atoms with van der Waals surface area (Å²) >= 11 is 0. The largest absolute Gasteiger partial charge is 0.378 e. The van der Waals surface area contributed by atoms with Crippen molar-refractivity contribution in [2.75, 3.05) is 38.3 Å². The average Bonchev–Trinajstić information content (AvgIpc) is 2.85. The molecule has 3 heterocycles. The maximum Gasteiger partial charge on any atom is 0.318 e. The summed E-state index contributed by atoms with van der Waals surface area (Å²) in [4.78, 5) is 25.9. The number of ether oxygens (including phenoxy) is 1. The third-order valence-electron chi connectivity index (χ3n) is 5.38. The predicted octanol–water partition coefficient (Wildman–Crippen LogP) is 3.24. The molecule has 1 atom stereocenters. The zero-order valence-electron chi connectivity index (χ0n) is 17.6. The maximum absolute atomic E-state index is 13.0. The molecule has 7 nitrogen and oxygen atoms in total. The van der Waals surface area contributed by atoms with Crippen LogP contribution in [0.15, 0.2) is 73.1 Å². The molecule has 0 saturated carbocycles. The van der Waals surface area contributed by atoms with Crippen LogP contribution in [0, 0.1) is 0 Å². The number of nitrogens with zero attached hydrogens (tertiary/aromatic N) is 4. The Labute approximate surface area is 182 Å². The lowest BCUT2D eigenvalue weighted by Gasteiger charge is -2.29. The lowest BCUT2D eigenvalue weighted by molar-refractivity contribution is 0.122. The van der Waals surface area contributed by atoms with Gasteiger partial charge in [0, 0.05) is 39.1 Å². The van der Waals surface area contributed by atoms with E-state index in [1.54, 1.807) is 18.1 Å². The summed E-state index contributed by atoms with van der Waals surface area (Å²) in [5, 5.41) is 3.00. The Morgan fingerprint density at radius 1 is 1.06 bits per heavy atom. The fourth-order valence-corrected chi connectivity index (χ4v) is 3.69. The predicted molar refractivity (Wildman–Crippen MR) is 120 cm³/mol. The molecule has 1 aromatic carbocycles. The van der Waals surface area contributed by atoms with Crippen LogP contribution in [-0.2, 0) is 11.3 Å². The van der Waals surface area contributed by atoms with Crippen LogP contribution in [0.4, 0.5) is 10.6 Å². The van der Waals surface area contributed by atoms with Crippen molar-refractivity contribution in [3.63, 3.8) is 0 Å². The molecule has 7 heteroatoms. The summed E-state index contributed by atoms with van der Waals surface area (Å²) in [7, 11) is 1.79. The Kier molecular flexibility index (Phi) is 6.74. The molecule has 31 heavy (non-hydrogen) atoms. The van der Waals surface area contributed by atoms with Crippen molar-refractivity contribution in [1.29, 1.82) is 0 Å². The molecule has 160 valence electrons. The van der Waals surface area contributed by atoms with E-state index < -0.39 is 0 Å². The number of carbonyl (C=O) groups is 1. The number of benzene rings is 1. The molecular formula is C24H27N5O2. The second-order valence-electron chi connectivity index (χ2n) is 7.46. The van der Waals surface area contributed by atoms with E-state index in [1.165, 1.54) is 0 Å². The topological polar surface area (TPSA) is 70.6 Å². The van der Waals surface area contributed by atoms with Gasteiger partial charge in [-0.05, 0) is 29.3 Å². The lowest BCUT2D eigenvalue weighted by Crippen LogP contribution is -2.40. The van der Waals surface area contributed by atoms with Crippen LogP contribution in [0.25, 0.3) is 0 Å². The van der Waals surface area contributed by atoms with Crippen molar-refractivity contribution in [1.82, 2.24) is 20.2 Å². The van der Waals surface area contributed by atoms with Gasteiger partial charge in [-0.15, -0.1) is 0 Å². The van der Waals surface area contributed by atoms with Crippen LogP contribution >= 0.6 is 0 Å². The van der Waals surface area contributed by atoms with Gasteiger partial charge in [-0.1, -0.05) is 42.5 Å². The molecule has 2 amide bonds. The van der Waals surface area contributed by atoms with E-state index in [9.17, 15) is 4.79 Å². The van der Waals surface area contributed by atoms with Crippen LogP contribution in [0.5, 0.6) is 0 Å². The Bertz CT molecular complexity index is 921.